The molecular formula is C11H7ClN2. The van der Waals surface area contributed by atoms with Crippen molar-refractivity contribution in [3.05, 3.63) is 40.5 Å². The smallest absolute Gasteiger partial charge is 0.0999 e. The van der Waals surface area contributed by atoms with Crippen LogP contribution in [0.3, 0.4) is 0 Å². The lowest BCUT2D eigenvalue weighted by molar-refractivity contribution is 1.25. The number of pyridine rings is 1. The van der Waals surface area contributed by atoms with E-state index in [4.69, 9.17) is 16.9 Å². The van der Waals surface area contributed by atoms with Crippen LogP contribution < -0.4 is 0 Å². The molecule has 0 saturated heterocycles. The Bertz CT molecular complexity index is 541. The minimum atomic E-state index is 0.586. The Morgan fingerprint density at radius 2 is 2.21 bits per heavy atom. The molecule has 0 aliphatic heterocycles. The highest BCUT2D eigenvalue weighted by Crippen LogP contribution is 2.24. The number of fused-ring (bicyclic) bond motifs is 1. The van der Waals surface area contributed by atoms with E-state index in [1.807, 2.05) is 19.1 Å². The molecule has 0 spiro atoms. The Morgan fingerprint density at radius 1 is 1.43 bits per heavy atom. The van der Waals surface area contributed by atoms with Crippen LogP contribution in [0.5, 0.6) is 0 Å². The summed E-state index contributed by atoms with van der Waals surface area (Å²) in [6.45, 7) is 1.85. The van der Waals surface area contributed by atoms with E-state index in [1.54, 1.807) is 12.1 Å². The molecule has 0 atom stereocenters. The number of aromatic nitrogens is 1. The van der Waals surface area contributed by atoms with E-state index in [0.717, 1.165) is 11.1 Å². The number of hydrogen-bond donors (Lipinski definition) is 0. The second-order valence-corrected chi connectivity index (χ2v) is 3.47. The molecular weight excluding hydrogens is 196 g/mol. The largest absolute Gasteiger partial charge is 0.251 e. The van der Waals surface area contributed by atoms with Crippen LogP contribution in [0.4, 0.5) is 0 Å². The average molecular weight is 203 g/mol. The molecule has 1 aromatic heterocycles. The van der Waals surface area contributed by atoms with Gasteiger partial charge < -0.3 is 0 Å². The highest BCUT2D eigenvalue weighted by molar-refractivity contribution is 6.35. The number of nitriles is 1. The molecule has 1 heterocycles. The maximum Gasteiger partial charge on any atom is 0.0999 e. The first-order valence-corrected chi connectivity index (χ1v) is 4.56. The van der Waals surface area contributed by atoms with Crippen LogP contribution in [0.15, 0.2) is 24.3 Å². The van der Waals surface area contributed by atoms with Gasteiger partial charge in [0, 0.05) is 11.1 Å². The first-order valence-electron chi connectivity index (χ1n) is 4.18. The van der Waals surface area contributed by atoms with Gasteiger partial charge in [0.2, 0.25) is 0 Å². The van der Waals surface area contributed by atoms with Crippen molar-refractivity contribution in [2.45, 2.75) is 6.92 Å². The molecule has 0 amide bonds. The summed E-state index contributed by atoms with van der Waals surface area (Å²) in [6, 6.07) is 9.35. The average Bonchev–Trinajstić information content (AvgIpc) is 2.18. The van der Waals surface area contributed by atoms with E-state index in [0.29, 0.717) is 16.1 Å². The van der Waals surface area contributed by atoms with Crippen molar-refractivity contribution in [3.63, 3.8) is 0 Å². The molecule has 0 aliphatic rings. The molecule has 0 radical (unpaired) electrons. The fourth-order valence-corrected chi connectivity index (χ4v) is 1.65. The molecule has 3 heteroatoms. The molecule has 68 valence electrons. The summed E-state index contributed by atoms with van der Waals surface area (Å²) < 4.78 is 0. The summed E-state index contributed by atoms with van der Waals surface area (Å²) in [6.07, 6.45) is 0. The summed E-state index contributed by atoms with van der Waals surface area (Å²) in [5.41, 5.74) is 2.13. The first-order chi connectivity index (χ1) is 6.72. The van der Waals surface area contributed by atoms with Crippen LogP contribution >= 0.6 is 11.6 Å². The molecule has 0 unspecified atom stereocenters. The van der Waals surface area contributed by atoms with Gasteiger partial charge in [-0.15, -0.1) is 0 Å². The zero-order valence-corrected chi connectivity index (χ0v) is 8.34. The molecule has 0 N–H and O–H groups in total. The second kappa shape index (κ2) is 3.28. The number of halogens is 1. The van der Waals surface area contributed by atoms with Crippen LogP contribution in [0.1, 0.15) is 11.3 Å². The third-order valence-corrected chi connectivity index (χ3v) is 2.34. The van der Waals surface area contributed by atoms with Crippen LogP contribution in [0, 0.1) is 18.3 Å². The number of nitrogens with zero attached hydrogens (tertiary/aromatic N) is 2. The predicted octanol–water partition coefficient (Wildman–Crippen LogP) is 3.07. The van der Waals surface area contributed by atoms with Gasteiger partial charge in [0.25, 0.3) is 0 Å². The van der Waals surface area contributed by atoms with Crippen LogP contribution in [-0.4, -0.2) is 4.98 Å². The van der Waals surface area contributed by atoms with Gasteiger partial charge in [0.05, 0.1) is 22.2 Å². The minimum absolute atomic E-state index is 0.586. The standard InChI is InChI=1S/C11H7ClN2/c1-7-5-8(6-13)9-3-2-4-10(12)11(9)14-7/h2-5H,1H3. The fraction of sp³-hybridized carbons (Fsp3) is 0.0909. The lowest BCUT2D eigenvalue weighted by Gasteiger charge is -2.02. The maximum atomic E-state index is 8.93. The normalized spacial score (nSPS) is 10.1. The Morgan fingerprint density at radius 3 is 2.93 bits per heavy atom. The summed E-state index contributed by atoms with van der Waals surface area (Å²) in [7, 11) is 0. The van der Waals surface area contributed by atoms with Crippen molar-refractivity contribution in [1.82, 2.24) is 4.98 Å². The van der Waals surface area contributed by atoms with E-state index in [9.17, 15) is 0 Å². The van der Waals surface area contributed by atoms with E-state index in [-0.39, 0.29) is 0 Å². The van der Waals surface area contributed by atoms with Gasteiger partial charge in [-0.1, -0.05) is 23.7 Å². The lowest BCUT2D eigenvalue weighted by Crippen LogP contribution is -1.88. The third kappa shape index (κ3) is 1.32. The number of hydrogen-bond acceptors (Lipinski definition) is 2. The van der Waals surface area contributed by atoms with Crippen molar-refractivity contribution < 1.29 is 0 Å². The molecule has 0 bridgehead atoms. The summed E-state index contributed by atoms with van der Waals surface area (Å²) in [5.74, 6) is 0. The van der Waals surface area contributed by atoms with Gasteiger partial charge >= 0.3 is 0 Å². The fourth-order valence-electron chi connectivity index (χ4n) is 1.43. The second-order valence-electron chi connectivity index (χ2n) is 3.06. The SMILES string of the molecule is Cc1cc(C#N)c2cccc(Cl)c2n1. The Hall–Kier alpha value is -1.59. The highest BCUT2D eigenvalue weighted by Gasteiger charge is 2.05. The Balaban J connectivity index is 2.96. The molecule has 0 fully saturated rings. The minimum Gasteiger partial charge on any atom is -0.251 e. The first kappa shape index (κ1) is 8.98. The number of para-hydroxylation sites is 1. The van der Waals surface area contributed by atoms with Gasteiger partial charge in [0.15, 0.2) is 0 Å². The zero-order valence-electron chi connectivity index (χ0n) is 7.58. The zero-order chi connectivity index (χ0) is 10.1. The quantitative estimate of drug-likeness (QED) is 0.658. The number of benzene rings is 1. The van der Waals surface area contributed by atoms with Crippen molar-refractivity contribution in [2.75, 3.05) is 0 Å². The van der Waals surface area contributed by atoms with Crippen LogP contribution in [0.25, 0.3) is 10.9 Å². The van der Waals surface area contributed by atoms with Gasteiger partial charge in [0.1, 0.15) is 0 Å². The molecule has 2 aromatic rings. The molecule has 0 saturated carbocycles. The summed E-state index contributed by atoms with van der Waals surface area (Å²) in [4.78, 5) is 4.30. The van der Waals surface area contributed by atoms with E-state index in [1.165, 1.54) is 0 Å². The third-order valence-electron chi connectivity index (χ3n) is 2.04. The highest BCUT2D eigenvalue weighted by atomic mass is 35.5. The molecule has 1 aromatic carbocycles. The van der Waals surface area contributed by atoms with Gasteiger partial charge in [-0.3, -0.25) is 4.98 Å². The van der Waals surface area contributed by atoms with Crippen molar-refractivity contribution in [3.8, 4) is 6.07 Å². The van der Waals surface area contributed by atoms with Crippen molar-refractivity contribution in [1.29, 1.82) is 5.26 Å². The van der Waals surface area contributed by atoms with Crippen LogP contribution in [0.2, 0.25) is 5.02 Å². The molecule has 2 nitrogen and oxygen atoms in total. The number of rotatable bonds is 0. The summed E-state index contributed by atoms with van der Waals surface area (Å²) in [5, 5.41) is 10.3. The topological polar surface area (TPSA) is 36.7 Å². The van der Waals surface area contributed by atoms with Crippen molar-refractivity contribution in [2.24, 2.45) is 0 Å². The van der Waals surface area contributed by atoms with E-state index < -0.39 is 0 Å². The lowest BCUT2D eigenvalue weighted by atomic mass is 10.1. The molecule has 0 aliphatic carbocycles. The van der Waals surface area contributed by atoms with Gasteiger partial charge in [-0.2, -0.15) is 5.26 Å². The maximum absolute atomic E-state index is 8.93. The van der Waals surface area contributed by atoms with Gasteiger partial charge in [-0.05, 0) is 19.1 Å². The van der Waals surface area contributed by atoms with Gasteiger partial charge in [-0.25, -0.2) is 0 Å². The predicted molar refractivity (Wildman–Crippen MR) is 56.2 cm³/mol. The molecule has 2 rings (SSSR count). The monoisotopic (exact) mass is 202 g/mol. The molecule has 14 heavy (non-hydrogen) atoms. The summed E-state index contributed by atoms with van der Waals surface area (Å²) >= 11 is 5.99. The van der Waals surface area contributed by atoms with Crippen molar-refractivity contribution >= 4 is 22.5 Å². The van der Waals surface area contributed by atoms with E-state index >= 15 is 0 Å². The Labute approximate surface area is 86.8 Å². The van der Waals surface area contributed by atoms with E-state index in [2.05, 4.69) is 11.1 Å². The number of aryl methyl sites for hydroxylation is 1. The van der Waals surface area contributed by atoms with Crippen LogP contribution in [-0.2, 0) is 0 Å². The Kier molecular flexibility index (Phi) is 2.11.